The van der Waals surface area contributed by atoms with Gasteiger partial charge >= 0.3 is 0 Å². The summed E-state index contributed by atoms with van der Waals surface area (Å²) in [6.07, 6.45) is 7.73. The van der Waals surface area contributed by atoms with Crippen LogP contribution in [-0.2, 0) is 0 Å². The van der Waals surface area contributed by atoms with Crippen molar-refractivity contribution in [1.29, 1.82) is 0 Å². The standard InChI is InChI=1S/C12H19N/c1-5-11(4)13-12-8-9(2)6-7-10(12)3/h6-8,10,12H,5H2,1-4H3/b13-11+. The third-order valence-electron chi connectivity index (χ3n) is 2.52. The van der Waals surface area contributed by atoms with Gasteiger partial charge < -0.3 is 0 Å². The minimum atomic E-state index is 0.366. The van der Waals surface area contributed by atoms with Crippen LogP contribution >= 0.6 is 0 Å². The summed E-state index contributed by atoms with van der Waals surface area (Å²) in [5, 5.41) is 0. The maximum absolute atomic E-state index is 4.67. The van der Waals surface area contributed by atoms with Crippen molar-refractivity contribution in [2.24, 2.45) is 10.9 Å². The summed E-state index contributed by atoms with van der Waals surface area (Å²) in [5.74, 6) is 0.546. The number of nitrogens with zero attached hydrogens (tertiary/aromatic N) is 1. The molecule has 0 spiro atoms. The van der Waals surface area contributed by atoms with E-state index in [0.717, 1.165) is 6.42 Å². The van der Waals surface area contributed by atoms with Crippen molar-refractivity contribution in [1.82, 2.24) is 0 Å². The van der Waals surface area contributed by atoms with E-state index in [9.17, 15) is 0 Å². The fraction of sp³-hybridized carbons (Fsp3) is 0.583. The van der Waals surface area contributed by atoms with Crippen LogP contribution in [-0.4, -0.2) is 11.8 Å². The number of aliphatic imine (C=N–C) groups is 1. The van der Waals surface area contributed by atoms with E-state index in [1.807, 2.05) is 0 Å². The minimum absolute atomic E-state index is 0.366. The quantitative estimate of drug-likeness (QED) is 0.573. The molecule has 0 heterocycles. The maximum Gasteiger partial charge on any atom is 0.0744 e. The first-order valence-electron chi connectivity index (χ1n) is 5.03. The highest BCUT2D eigenvalue weighted by Crippen LogP contribution is 2.19. The molecule has 0 N–H and O–H groups in total. The van der Waals surface area contributed by atoms with E-state index in [1.54, 1.807) is 0 Å². The molecule has 0 amide bonds. The van der Waals surface area contributed by atoms with E-state index in [2.05, 4.69) is 50.9 Å². The molecule has 0 aliphatic heterocycles. The Morgan fingerprint density at radius 3 is 2.85 bits per heavy atom. The van der Waals surface area contributed by atoms with Gasteiger partial charge in [0.1, 0.15) is 0 Å². The molecule has 0 aromatic heterocycles. The molecule has 0 saturated carbocycles. The summed E-state index contributed by atoms with van der Waals surface area (Å²) in [7, 11) is 0. The molecular formula is C12H19N. The van der Waals surface area contributed by atoms with Crippen molar-refractivity contribution < 1.29 is 0 Å². The Balaban J connectivity index is 2.75. The van der Waals surface area contributed by atoms with Gasteiger partial charge in [0.05, 0.1) is 6.04 Å². The molecule has 72 valence electrons. The Morgan fingerprint density at radius 2 is 2.23 bits per heavy atom. The highest BCUT2D eigenvalue weighted by atomic mass is 14.8. The molecule has 13 heavy (non-hydrogen) atoms. The van der Waals surface area contributed by atoms with Crippen molar-refractivity contribution in [3.63, 3.8) is 0 Å². The first-order valence-corrected chi connectivity index (χ1v) is 5.03. The van der Waals surface area contributed by atoms with Crippen molar-refractivity contribution in [2.45, 2.75) is 40.2 Å². The molecule has 1 aliphatic carbocycles. The Kier molecular flexibility index (Phi) is 3.47. The Bertz CT molecular complexity index is 258. The van der Waals surface area contributed by atoms with E-state index in [-0.39, 0.29) is 0 Å². The molecular weight excluding hydrogens is 158 g/mol. The maximum atomic E-state index is 4.67. The Labute approximate surface area is 81.3 Å². The van der Waals surface area contributed by atoms with Gasteiger partial charge in [-0.3, -0.25) is 4.99 Å². The van der Waals surface area contributed by atoms with Gasteiger partial charge in [0.25, 0.3) is 0 Å². The largest absolute Gasteiger partial charge is 0.286 e. The molecule has 1 heteroatoms. The zero-order valence-electron chi connectivity index (χ0n) is 9.04. The van der Waals surface area contributed by atoms with Gasteiger partial charge in [-0.15, -0.1) is 0 Å². The highest BCUT2D eigenvalue weighted by Gasteiger charge is 2.13. The van der Waals surface area contributed by atoms with E-state index in [1.165, 1.54) is 11.3 Å². The van der Waals surface area contributed by atoms with E-state index < -0.39 is 0 Å². The third-order valence-corrected chi connectivity index (χ3v) is 2.52. The first kappa shape index (κ1) is 10.2. The molecule has 0 radical (unpaired) electrons. The third kappa shape index (κ3) is 2.83. The molecule has 2 unspecified atom stereocenters. The van der Waals surface area contributed by atoms with Crippen LogP contribution in [0.25, 0.3) is 0 Å². The smallest absolute Gasteiger partial charge is 0.0744 e. The summed E-state index contributed by atoms with van der Waals surface area (Å²) >= 11 is 0. The zero-order valence-corrected chi connectivity index (χ0v) is 9.04. The average Bonchev–Trinajstić information content (AvgIpc) is 2.11. The number of hydrogen-bond acceptors (Lipinski definition) is 1. The lowest BCUT2D eigenvalue weighted by molar-refractivity contribution is 0.621. The van der Waals surface area contributed by atoms with Gasteiger partial charge in [-0.05, 0) is 20.3 Å². The highest BCUT2D eigenvalue weighted by molar-refractivity contribution is 5.81. The Morgan fingerprint density at radius 1 is 1.54 bits per heavy atom. The van der Waals surface area contributed by atoms with Gasteiger partial charge in [-0.25, -0.2) is 0 Å². The SMILES string of the molecule is CC/C(C)=N/C1C=C(C)C=CC1C. The topological polar surface area (TPSA) is 12.4 Å². The van der Waals surface area contributed by atoms with Crippen LogP contribution in [0.3, 0.4) is 0 Å². The molecule has 0 aromatic carbocycles. The molecule has 0 saturated heterocycles. The summed E-state index contributed by atoms with van der Waals surface area (Å²) in [6.45, 7) is 8.61. The average molecular weight is 177 g/mol. The normalized spacial score (nSPS) is 28.9. The van der Waals surface area contributed by atoms with Crippen LogP contribution in [0.1, 0.15) is 34.1 Å². The lowest BCUT2D eigenvalue weighted by atomic mass is 9.94. The summed E-state index contributed by atoms with van der Waals surface area (Å²) in [5.41, 5.74) is 2.58. The molecule has 1 nitrogen and oxygen atoms in total. The lowest BCUT2D eigenvalue weighted by Gasteiger charge is -2.19. The van der Waals surface area contributed by atoms with Gasteiger partial charge in [0.2, 0.25) is 0 Å². The van der Waals surface area contributed by atoms with Gasteiger partial charge in [-0.2, -0.15) is 0 Å². The van der Waals surface area contributed by atoms with Gasteiger partial charge in [-0.1, -0.05) is 37.6 Å². The number of hydrogen-bond donors (Lipinski definition) is 0. The van der Waals surface area contributed by atoms with Crippen molar-refractivity contribution in [3.8, 4) is 0 Å². The second-order valence-corrected chi connectivity index (χ2v) is 3.84. The zero-order chi connectivity index (χ0) is 9.84. The van der Waals surface area contributed by atoms with Crippen LogP contribution in [0.2, 0.25) is 0 Å². The van der Waals surface area contributed by atoms with Crippen molar-refractivity contribution in [3.05, 3.63) is 23.8 Å². The molecule has 1 aliphatic rings. The fourth-order valence-electron chi connectivity index (χ4n) is 1.39. The van der Waals surface area contributed by atoms with Gasteiger partial charge in [0.15, 0.2) is 0 Å². The van der Waals surface area contributed by atoms with Gasteiger partial charge in [0, 0.05) is 11.6 Å². The van der Waals surface area contributed by atoms with Crippen LogP contribution in [0, 0.1) is 5.92 Å². The van der Waals surface area contributed by atoms with E-state index in [0.29, 0.717) is 12.0 Å². The predicted molar refractivity (Wildman–Crippen MR) is 59.2 cm³/mol. The van der Waals surface area contributed by atoms with Crippen LogP contribution in [0.4, 0.5) is 0 Å². The van der Waals surface area contributed by atoms with E-state index in [4.69, 9.17) is 0 Å². The first-order chi connectivity index (χ1) is 6.13. The number of allylic oxidation sites excluding steroid dienone is 2. The molecule has 0 fully saturated rings. The molecule has 2 atom stereocenters. The summed E-state index contributed by atoms with van der Waals surface area (Å²) < 4.78 is 0. The van der Waals surface area contributed by atoms with Crippen LogP contribution < -0.4 is 0 Å². The van der Waals surface area contributed by atoms with E-state index >= 15 is 0 Å². The second kappa shape index (κ2) is 4.40. The van der Waals surface area contributed by atoms with Crippen molar-refractivity contribution >= 4 is 5.71 Å². The minimum Gasteiger partial charge on any atom is -0.286 e. The number of rotatable bonds is 2. The second-order valence-electron chi connectivity index (χ2n) is 3.84. The van der Waals surface area contributed by atoms with Crippen molar-refractivity contribution in [2.75, 3.05) is 0 Å². The molecule has 1 rings (SSSR count). The molecule has 0 bridgehead atoms. The monoisotopic (exact) mass is 177 g/mol. The fourth-order valence-corrected chi connectivity index (χ4v) is 1.39. The predicted octanol–water partition coefficient (Wildman–Crippen LogP) is 3.38. The van der Waals surface area contributed by atoms with Crippen LogP contribution in [0.15, 0.2) is 28.8 Å². The Hall–Kier alpha value is -0.850. The lowest BCUT2D eigenvalue weighted by Crippen LogP contribution is -2.15. The van der Waals surface area contributed by atoms with Crippen LogP contribution in [0.5, 0.6) is 0 Å². The summed E-state index contributed by atoms with van der Waals surface area (Å²) in [4.78, 5) is 4.67. The summed E-state index contributed by atoms with van der Waals surface area (Å²) in [6, 6.07) is 0.366. The molecule has 0 aromatic rings.